The number of nitrogens with one attached hydrogen (secondary N) is 1. The lowest BCUT2D eigenvalue weighted by atomic mass is 10.0. The van der Waals surface area contributed by atoms with Crippen LogP contribution < -0.4 is 5.32 Å². The molecule has 4 heteroatoms. The van der Waals surface area contributed by atoms with Crippen LogP contribution in [-0.4, -0.2) is 36.2 Å². The van der Waals surface area contributed by atoms with Crippen molar-refractivity contribution in [2.45, 2.75) is 6.42 Å². The maximum atomic E-state index is 10.9. The largest absolute Gasteiger partial charge is 0.478 e. The first-order valence-electron chi connectivity index (χ1n) is 5.26. The SMILES string of the molecule is CSCCNCCc1ccccc1C(=O)O. The average molecular weight is 239 g/mol. The first-order valence-corrected chi connectivity index (χ1v) is 6.66. The topological polar surface area (TPSA) is 49.3 Å². The number of rotatable bonds is 7. The molecule has 0 amide bonds. The van der Waals surface area contributed by atoms with Gasteiger partial charge in [-0.3, -0.25) is 0 Å². The lowest BCUT2D eigenvalue weighted by molar-refractivity contribution is 0.0695. The summed E-state index contributed by atoms with van der Waals surface area (Å²) in [6.45, 7) is 1.79. The molecule has 0 bridgehead atoms. The van der Waals surface area contributed by atoms with Gasteiger partial charge in [0.1, 0.15) is 0 Å². The molecule has 1 aromatic rings. The summed E-state index contributed by atoms with van der Waals surface area (Å²) in [5.41, 5.74) is 1.31. The minimum atomic E-state index is -0.847. The number of hydrogen-bond acceptors (Lipinski definition) is 3. The molecule has 0 radical (unpaired) electrons. The normalized spacial score (nSPS) is 10.3. The molecule has 0 aliphatic rings. The van der Waals surface area contributed by atoms with Gasteiger partial charge in [-0.15, -0.1) is 0 Å². The van der Waals surface area contributed by atoms with Gasteiger partial charge in [-0.25, -0.2) is 4.79 Å². The number of aromatic carboxylic acids is 1. The lowest BCUT2D eigenvalue weighted by Gasteiger charge is -2.06. The van der Waals surface area contributed by atoms with Crippen molar-refractivity contribution in [1.82, 2.24) is 5.32 Å². The minimum absolute atomic E-state index is 0.411. The van der Waals surface area contributed by atoms with E-state index in [4.69, 9.17) is 5.11 Å². The third kappa shape index (κ3) is 4.24. The van der Waals surface area contributed by atoms with Crippen molar-refractivity contribution in [3.05, 3.63) is 35.4 Å². The summed E-state index contributed by atoms with van der Waals surface area (Å²) < 4.78 is 0. The van der Waals surface area contributed by atoms with Gasteiger partial charge in [0.15, 0.2) is 0 Å². The average Bonchev–Trinajstić information content (AvgIpc) is 2.29. The van der Waals surface area contributed by atoms with E-state index in [2.05, 4.69) is 11.6 Å². The molecule has 88 valence electrons. The molecule has 0 spiro atoms. The van der Waals surface area contributed by atoms with E-state index < -0.39 is 5.97 Å². The molecule has 3 nitrogen and oxygen atoms in total. The predicted molar refractivity (Wildman–Crippen MR) is 68.4 cm³/mol. The summed E-state index contributed by atoms with van der Waals surface area (Å²) in [6.07, 6.45) is 2.83. The monoisotopic (exact) mass is 239 g/mol. The summed E-state index contributed by atoms with van der Waals surface area (Å²) in [5, 5.41) is 12.3. The van der Waals surface area contributed by atoms with Crippen molar-refractivity contribution in [3.63, 3.8) is 0 Å². The Morgan fingerprint density at radius 1 is 1.38 bits per heavy atom. The molecule has 0 unspecified atom stereocenters. The van der Waals surface area contributed by atoms with Gasteiger partial charge in [-0.2, -0.15) is 11.8 Å². The van der Waals surface area contributed by atoms with Gasteiger partial charge in [-0.1, -0.05) is 18.2 Å². The van der Waals surface area contributed by atoms with Gasteiger partial charge in [0.05, 0.1) is 5.56 Å². The van der Waals surface area contributed by atoms with Gasteiger partial charge < -0.3 is 10.4 Å². The number of carboxylic acids is 1. The Hall–Kier alpha value is -1.00. The van der Waals surface area contributed by atoms with Crippen LogP contribution in [0.15, 0.2) is 24.3 Å². The molecule has 0 aliphatic heterocycles. The molecule has 2 N–H and O–H groups in total. The quantitative estimate of drug-likeness (QED) is 0.713. The molecule has 0 fully saturated rings. The van der Waals surface area contributed by atoms with Crippen molar-refractivity contribution in [3.8, 4) is 0 Å². The first-order chi connectivity index (χ1) is 7.75. The number of carbonyl (C=O) groups is 1. The van der Waals surface area contributed by atoms with Crippen molar-refractivity contribution >= 4 is 17.7 Å². The third-order valence-corrected chi connectivity index (χ3v) is 2.91. The van der Waals surface area contributed by atoms with Crippen LogP contribution in [0, 0.1) is 0 Å². The van der Waals surface area contributed by atoms with Crippen LogP contribution in [0.1, 0.15) is 15.9 Å². The zero-order chi connectivity index (χ0) is 11.8. The lowest BCUT2D eigenvalue weighted by Crippen LogP contribution is -2.20. The molecule has 0 saturated carbocycles. The van der Waals surface area contributed by atoms with Crippen LogP contribution in [0.3, 0.4) is 0 Å². The van der Waals surface area contributed by atoms with E-state index >= 15 is 0 Å². The van der Waals surface area contributed by atoms with Crippen LogP contribution in [0.2, 0.25) is 0 Å². The molecule has 0 aromatic heterocycles. The van der Waals surface area contributed by atoms with Gasteiger partial charge in [0.2, 0.25) is 0 Å². The molecule has 0 atom stereocenters. The Labute approximate surface area is 100 Å². The van der Waals surface area contributed by atoms with E-state index in [0.717, 1.165) is 30.8 Å². The number of benzene rings is 1. The second-order valence-corrected chi connectivity index (χ2v) is 4.44. The summed E-state index contributed by atoms with van der Waals surface area (Å²) in [4.78, 5) is 10.9. The molecular weight excluding hydrogens is 222 g/mol. The van der Waals surface area contributed by atoms with Crippen molar-refractivity contribution in [2.24, 2.45) is 0 Å². The molecule has 1 rings (SSSR count). The standard InChI is InChI=1S/C12H17NO2S/c1-16-9-8-13-7-6-10-4-2-3-5-11(10)12(14)15/h2-5,13H,6-9H2,1H3,(H,14,15). The van der Waals surface area contributed by atoms with E-state index in [1.807, 2.05) is 12.1 Å². The highest BCUT2D eigenvalue weighted by Crippen LogP contribution is 2.08. The van der Waals surface area contributed by atoms with Crippen LogP contribution in [-0.2, 0) is 6.42 Å². The summed E-state index contributed by atoms with van der Waals surface area (Å²) >= 11 is 1.80. The van der Waals surface area contributed by atoms with Gasteiger partial charge in [0.25, 0.3) is 0 Å². The Bertz CT molecular complexity index is 342. The fourth-order valence-electron chi connectivity index (χ4n) is 1.47. The van der Waals surface area contributed by atoms with Crippen LogP contribution in [0.25, 0.3) is 0 Å². The van der Waals surface area contributed by atoms with E-state index in [1.165, 1.54) is 0 Å². The second kappa shape index (κ2) is 7.30. The van der Waals surface area contributed by atoms with Crippen molar-refractivity contribution in [1.29, 1.82) is 0 Å². The van der Waals surface area contributed by atoms with Crippen LogP contribution in [0.4, 0.5) is 0 Å². The zero-order valence-corrected chi connectivity index (χ0v) is 10.2. The summed E-state index contributed by atoms with van der Waals surface area (Å²) in [6, 6.07) is 7.16. The summed E-state index contributed by atoms with van der Waals surface area (Å²) in [5.74, 6) is 0.236. The van der Waals surface area contributed by atoms with Gasteiger partial charge in [0, 0.05) is 12.3 Å². The minimum Gasteiger partial charge on any atom is -0.478 e. The van der Waals surface area contributed by atoms with E-state index in [0.29, 0.717) is 5.56 Å². The highest BCUT2D eigenvalue weighted by Gasteiger charge is 2.07. The third-order valence-electron chi connectivity index (χ3n) is 2.30. The van der Waals surface area contributed by atoms with Crippen LogP contribution >= 0.6 is 11.8 Å². The molecule has 0 heterocycles. The number of carboxylic acid groups (broad SMARTS) is 1. The van der Waals surface area contributed by atoms with Crippen molar-refractivity contribution in [2.75, 3.05) is 25.1 Å². The Balaban J connectivity index is 2.44. The maximum absolute atomic E-state index is 10.9. The number of thioether (sulfide) groups is 1. The zero-order valence-electron chi connectivity index (χ0n) is 9.40. The van der Waals surface area contributed by atoms with Crippen LogP contribution in [0.5, 0.6) is 0 Å². The Morgan fingerprint density at radius 3 is 2.81 bits per heavy atom. The number of hydrogen-bond donors (Lipinski definition) is 2. The molecule has 0 saturated heterocycles. The van der Waals surface area contributed by atoms with Gasteiger partial charge in [-0.05, 0) is 30.9 Å². The smallest absolute Gasteiger partial charge is 0.335 e. The molecular formula is C12H17NO2S. The van der Waals surface area contributed by atoms with Gasteiger partial charge >= 0.3 is 5.97 Å². The fraction of sp³-hybridized carbons (Fsp3) is 0.417. The van der Waals surface area contributed by atoms with E-state index in [1.54, 1.807) is 23.9 Å². The Kier molecular flexibility index (Phi) is 5.96. The predicted octanol–water partition coefficient (Wildman–Crippen LogP) is 1.88. The van der Waals surface area contributed by atoms with Crippen molar-refractivity contribution < 1.29 is 9.90 Å². The maximum Gasteiger partial charge on any atom is 0.335 e. The molecule has 0 aliphatic carbocycles. The van der Waals surface area contributed by atoms with E-state index in [-0.39, 0.29) is 0 Å². The highest BCUT2D eigenvalue weighted by atomic mass is 32.2. The van der Waals surface area contributed by atoms with E-state index in [9.17, 15) is 4.79 Å². The fourth-order valence-corrected chi connectivity index (χ4v) is 1.82. The summed E-state index contributed by atoms with van der Waals surface area (Å²) in [7, 11) is 0. The Morgan fingerprint density at radius 2 is 2.12 bits per heavy atom. The second-order valence-electron chi connectivity index (χ2n) is 3.46. The highest BCUT2D eigenvalue weighted by molar-refractivity contribution is 7.98. The molecule has 1 aromatic carbocycles. The first kappa shape index (κ1) is 13.1. The molecule has 16 heavy (non-hydrogen) atoms.